The Balaban J connectivity index is 4.86. The predicted molar refractivity (Wildman–Crippen MR) is 70.3 cm³/mol. The molecule has 0 radical (unpaired) electrons. The molecule has 0 saturated carbocycles. The van der Waals surface area contributed by atoms with Crippen molar-refractivity contribution in [1.82, 2.24) is 0 Å². The van der Waals surface area contributed by atoms with Crippen molar-refractivity contribution in [2.45, 2.75) is 66.9 Å². The molecule has 0 aromatic carbocycles. The molecule has 18 heavy (non-hydrogen) atoms. The van der Waals surface area contributed by atoms with Crippen molar-refractivity contribution in [3.8, 4) is 0 Å². The number of ether oxygens (including phenoxy) is 1. The third-order valence-corrected chi connectivity index (χ3v) is 3.61. The van der Waals surface area contributed by atoms with Gasteiger partial charge in [-0.05, 0) is 25.7 Å². The zero-order valence-corrected chi connectivity index (χ0v) is 12.4. The fourth-order valence-electron chi connectivity index (χ4n) is 1.57. The van der Waals surface area contributed by atoms with Crippen LogP contribution in [0.15, 0.2) is 0 Å². The first-order chi connectivity index (χ1) is 8.07. The highest BCUT2D eigenvalue weighted by Crippen LogP contribution is 2.40. The molecule has 106 valence electrons. The molecule has 0 spiro atoms. The van der Waals surface area contributed by atoms with Crippen molar-refractivity contribution < 1.29 is 19.4 Å². The van der Waals surface area contributed by atoms with Crippen LogP contribution < -0.4 is 0 Å². The van der Waals surface area contributed by atoms with Crippen molar-refractivity contribution in [2.75, 3.05) is 0 Å². The number of carbonyl (C=O) groups excluding carboxylic acids is 1. The van der Waals surface area contributed by atoms with Crippen molar-refractivity contribution in [3.63, 3.8) is 0 Å². The summed E-state index contributed by atoms with van der Waals surface area (Å²) in [6.07, 6.45) is 2.52. The summed E-state index contributed by atoms with van der Waals surface area (Å²) in [6, 6.07) is 0. The van der Waals surface area contributed by atoms with Crippen molar-refractivity contribution in [3.05, 3.63) is 0 Å². The molecule has 2 atom stereocenters. The first kappa shape index (κ1) is 16.9. The van der Waals surface area contributed by atoms with E-state index >= 15 is 0 Å². The molecule has 0 bridgehead atoms. The summed E-state index contributed by atoms with van der Waals surface area (Å²) < 4.78 is 5.29. The summed E-state index contributed by atoms with van der Waals surface area (Å²) in [5.41, 5.74) is -2.21. The summed E-state index contributed by atoms with van der Waals surface area (Å²) in [4.78, 5) is 23.5. The molecule has 0 aliphatic heterocycles. The Hall–Kier alpha value is -1.06. The number of carbonyl (C=O) groups is 2. The summed E-state index contributed by atoms with van der Waals surface area (Å²) in [5, 5.41) is 9.33. The van der Waals surface area contributed by atoms with Gasteiger partial charge >= 0.3 is 11.9 Å². The van der Waals surface area contributed by atoms with E-state index in [2.05, 4.69) is 6.92 Å². The highest BCUT2D eigenvalue weighted by atomic mass is 16.5. The van der Waals surface area contributed by atoms with Crippen LogP contribution in [-0.4, -0.2) is 23.1 Å². The third-order valence-electron chi connectivity index (χ3n) is 3.61. The van der Waals surface area contributed by atoms with E-state index in [1.165, 1.54) is 6.92 Å². The molecule has 0 aliphatic rings. The molecule has 4 heteroatoms. The van der Waals surface area contributed by atoms with Crippen LogP contribution in [0.1, 0.15) is 60.8 Å². The second kappa shape index (κ2) is 6.21. The van der Waals surface area contributed by atoms with Crippen LogP contribution in [0, 0.1) is 10.8 Å². The third kappa shape index (κ3) is 3.72. The van der Waals surface area contributed by atoms with Crippen LogP contribution >= 0.6 is 0 Å². The number of unbranched alkanes of at least 4 members (excludes halogenated alkanes) is 1. The van der Waals surface area contributed by atoms with Crippen molar-refractivity contribution in [1.29, 1.82) is 0 Å². The van der Waals surface area contributed by atoms with Crippen LogP contribution in [-0.2, 0) is 14.3 Å². The molecule has 1 N–H and O–H groups in total. The van der Waals surface area contributed by atoms with E-state index in [-0.39, 0.29) is 6.10 Å². The standard InChI is InChI=1S/C14H26O4/c1-7-8-9-10(2)18-12(17)14(6,11(15)16)13(3,4)5/h10H,7-9H2,1-6H3,(H,15,16). The summed E-state index contributed by atoms with van der Waals surface area (Å²) >= 11 is 0. The van der Waals surface area contributed by atoms with Gasteiger partial charge in [0.1, 0.15) is 0 Å². The molecule has 4 nitrogen and oxygen atoms in total. The number of aliphatic carboxylic acids is 1. The van der Waals surface area contributed by atoms with Crippen LogP contribution in [0.25, 0.3) is 0 Å². The van der Waals surface area contributed by atoms with E-state index in [1.54, 1.807) is 27.7 Å². The van der Waals surface area contributed by atoms with Gasteiger partial charge in [-0.3, -0.25) is 9.59 Å². The Kier molecular flexibility index (Phi) is 5.84. The molecule has 0 fully saturated rings. The minimum atomic E-state index is -1.52. The zero-order valence-electron chi connectivity index (χ0n) is 12.4. The van der Waals surface area contributed by atoms with Gasteiger partial charge in [0.05, 0.1) is 6.10 Å². The molecular formula is C14H26O4. The normalized spacial score (nSPS) is 16.8. The number of hydrogen-bond acceptors (Lipinski definition) is 3. The summed E-state index contributed by atoms with van der Waals surface area (Å²) in [7, 11) is 0. The first-order valence-corrected chi connectivity index (χ1v) is 6.51. The maximum atomic E-state index is 12.1. The monoisotopic (exact) mass is 258 g/mol. The molecule has 0 amide bonds. The quantitative estimate of drug-likeness (QED) is 0.586. The fraction of sp³-hybridized carbons (Fsp3) is 0.857. The lowest BCUT2D eigenvalue weighted by Crippen LogP contribution is -2.48. The average Bonchev–Trinajstić information content (AvgIpc) is 2.22. The second-order valence-corrected chi connectivity index (χ2v) is 6.04. The maximum Gasteiger partial charge on any atom is 0.324 e. The second-order valence-electron chi connectivity index (χ2n) is 6.04. The first-order valence-electron chi connectivity index (χ1n) is 6.51. The number of hydrogen-bond donors (Lipinski definition) is 1. The van der Waals surface area contributed by atoms with Gasteiger partial charge in [0.25, 0.3) is 0 Å². The molecule has 2 unspecified atom stereocenters. The largest absolute Gasteiger partial charge is 0.480 e. The van der Waals surface area contributed by atoms with Gasteiger partial charge in [-0.2, -0.15) is 0 Å². The molecule has 0 saturated heterocycles. The summed E-state index contributed by atoms with van der Waals surface area (Å²) in [5.74, 6) is -1.78. The molecular weight excluding hydrogens is 232 g/mol. The number of rotatable bonds is 6. The van der Waals surface area contributed by atoms with Gasteiger partial charge < -0.3 is 9.84 Å². The molecule has 0 aromatic heterocycles. The van der Waals surface area contributed by atoms with E-state index in [0.29, 0.717) is 0 Å². The Morgan fingerprint density at radius 1 is 1.22 bits per heavy atom. The predicted octanol–water partition coefficient (Wildman–Crippen LogP) is 3.25. The van der Waals surface area contributed by atoms with Gasteiger partial charge in [-0.15, -0.1) is 0 Å². The average molecular weight is 258 g/mol. The van der Waals surface area contributed by atoms with Crippen LogP contribution in [0.2, 0.25) is 0 Å². The van der Waals surface area contributed by atoms with Crippen LogP contribution in [0.4, 0.5) is 0 Å². The lowest BCUT2D eigenvalue weighted by Gasteiger charge is -2.36. The van der Waals surface area contributed by atoms with Gasteiger partial charge in [0.2, 0.25) is 0 Å². The lowest BCUT2D eigenvalue weighted by atomic mass is 9.68. The van der Waals surface area contributed by atoms with Crippen molar-refractivity contribution in [2.24, 2.45) is 10.8 Å². The Morgan fingerprint density at radius 2 is 1.72 bits per heavy atom. The van der Waals surface area contributed by atoms with E-state index in [4.69, 9.17) is 4.74 Å². The Labute approximate surface area is 110 Å². The zero-order chi connectivity index (χ0) is 14.6. The topological polar surface area (TPSA) is 63.6 Å². The maximum absolute atomic E-state index is 12.1. The van der Waals surface area contributed by atoms with Gasteiger partial charge in [0, 0.05) is 0 Å². The summed E-state index contributed by atoms with van der Waals surface area (Å²) in [6.45, 7) is 10.5. The van der Waals surface area contributed by atoms with E-state index in [1.807, 2.05) is 0 Å². The van der Waals surface area contributed by atoms with Gasteiger partial charge in [0.15, 0.2) is 5.41 Å². The smallest absolute Gasteiger partial charge is 0.324 e. The minimum Gasteiger partial charge on any atom is -0.480 e. The van der Waals surface area contributed by atoms with E-state index in [9.17, 15) is 14.7 Å². The number of carboxylic acid groups (broad SMARTS) is 1. The van der Waals surface area contributed by atoms with Crippen LogP contribution in [0.5, 0.6) is 0 Å². The minimum absolute atomic E-state index is 0.238. The SMILES string of the molecule is CCCCC(C)OC(=O)C(C)(C(=O)O)C(C)(C)C. The lowest BCUT2D eigenvalue weighted by molar-refractivity contribution is -0.179. The van der Waals surface area contributed by atoms with E-state index < -0.39 is 22.8 Å². The van der Waals surface area contributed by atoms with Crippen molar-refractivity contribution >= 4 is 11.9 Å². The Morgan fingerprint density at radius 3 is 2.06 bits per heavy atom. The number of carboxylic acids is 1. The number of esters is 1. The fourth-order valence-corrected chi connectivity index (χ4v) is 1.57. The highest BCUT2D eigenvalue weighted by Gasteiger charge is 2.52. The van der Waals surface area contributed by atoms with E-state index in [0.717, 1.165) is 19.3 Å². The van der Waals surface area contributed by atoms with Gasteiger partial charge in [-0.1, -0.05) is 40.5 Å². The molecule has 0 heterocycles. The molecule has 0 rings (SSSR count). The van der Waals surface area contributed by atoms with Crippen LogP contribution in [0.3, 0.4) is 0 Å². The molecule has 0 aromatic rings. The van der Waals surface area contributed by atoms with Gasteiger partial charge in [-0.25, -0.2) is 0 Å². The highest BCUT2D eigenvalue weighted by molar-refractivity contribution is 5.99. The Bertz CT molecular complexity index is 303. The molecule has 0 aliphatic carbocycles.